The summed E-state index contributed by atoms with van der Waals surface area (Å²) < 4.78 is 4.35. The monoisotopic (exact) mass is 636 g/mol. The van der Waals surface area contributed by atoms with E-state index in [0.29, 0.717) is 23.1 Å². The minimum Gasteiger partial charge on any atom is -0.379 e. The van der Waals surface area contributed by atoms with Gasteiger partial charge in [0.15, 0.2) is 0 Å². The molecule has 0 bridgehead atoms. The number of aromatic nitrogens is 1. The van der Waals surface area contributed by atoms with Crippen LogP contribution in [0.2, 0.25) is 10.0 Å². The van der Waals surface area contributed by atoms with Crippen molar-refractivity contribution in [1.29, 1.82) is 0 Å². The van der Waals surface area contributed by atoms with Crippen LogP contribution in [0.1, 0.15) is 30.0 Å². The molecule has 7 nitrogen and oxygen atoms in total. The van der Waals surface area contributed by atoms with E-state index in [2.05, 4.69) is 15.2 Å². The van der Waals surface area contributed by atoms with E-state index in [1.165, 1.54) is 11.8 Å². The molecular formula is C33H34Cl2N4O3S. The first-order valence-electron chi connectivity index (χ1n) is 14.6. The third-order valence-electron chi connectivity index (χ3n) is 8.17. The summed E-state index contributed by atoms with van der Waals surface area (Å²) in [6, 6.07) is 22.5. The van der Waals surface area contributed by atoms with Gasteiger partial charge in [-0.25, -0.2) is 0 Å². The van der Waals surface area contributed by atoms with Crippen LogP contribution in [0, 0.1) is 0 Å². The zero-order chi connectivity index (χ0) is 29.8. The van der Waals surface area contributed by atoms with Gasteiger partial charge in [-0.15, -0.1) is 11.8 Å². The van der Waals surface area contributed by atoms with Gasteiger partial charge in [0.25, 0.3) is 0 Å². The van der Waals surface area contributed by atoms with Gasteiger partial charge in [0.2, 0.25) is 11.8 Å². The van der Waals surface area contributed by atoms with Crippen LogP contribution in [0.25, 0.3) is 10.9 Å². The first-order chi connectivity index (χ1) is 20.9. The minimum atomic E-state index is -1.12. The molecule has 3 heterocycles. The Balaban J connectivity index is 1.38. The van der Waals surface area contributed by atoms with Crippen LogP contribution in [0.4, 0.5) is 0 Å². The maximum atomic E-state index is 14.5. The lowest BCUT2D eigenvalue weighted by atomic mass is 9.91. The van der Waals surface area contributed by atoms with E-state index in [0.717, 1.165) is 66.2 Å². The summed E-state index contributed by atoms with van der Waals surface area (Å²) in [6.07, 6.45) is 2.79. The molecule has 2 aliphatic heterocycles. The standard InChI is InChI=1S/C33H34Cl2N4O3S/c34-24-7-4-6-23(18-24)22-39-30(40)20-33(43-26-8-2-1-3-9-26,32(41)36-12-5-13-38-14-16-42-17-15-38)31(39)28-21-37-29-19-25(35)10-11-27(28)29/h1-4,6-11,18-19,21,31,37H,5,12-17,20,22H2,(H,36,41)/t31-,33-/m0/s1. The third-order valence-corrected chi connectivity index (χ3v) is 10.1. The first kappa shape index (κ1) is 30.0. The summed E-state index contributed by atoms with van der Waals surface area (Å²) in [5.41, 5.74) is 2.64. The summed E-state index contributed by atoms with van der Waals surface area (Å²) in [6.45, 7) is 5.02. The second-order valence-electron chi connectivity index (χ2n) is 11.0. The van der Waals surface area contributed by atoms with E-state index in [4.69, 9.17) is 27.9 Å². The molecule has 224 valence electrons. The lowest BCUT2D eigenvalue weighted by molar-refractivity contribution is -0.129. The quantitative estimate of drug-likeness (QED) is 0.199. The second kappa shape index (κ2) is 13.3. The Labute approximate surface area is 265 Å². The van der Waals surface area contributed by atoms with E-state index in [1.54, 1.807) is 0 Å². The van der Waals surface area contributed by atoms with Crippen LogP contribution in [0.5, 0.6) is 0 Å². The van der Waals surface area contributed by atoms with E-state index in [-0.39, 0.29) is 18.2 Å². The second-order valence-corrected chi connectivity index (χ2v) is 13.3. The molecular weight excluding hydrogens is 603 g/mol. The van der Waals surface area contributed by atoms with E-state index >= 15 is 0 Å². The highest BCUT2D eigenvalue weighted by Gasteiger charge is 2.58. The first-order valence-corrected chi connectivity index (χ1v) is 16.1. The molecule has 0 aliphatic carbocycles. The summed E-state index contributed by atoms with van der Waals surface area (Å²) in [4.78, 5) is 37.0. The number of likely N-dealkylation sites (tertiary alicyclic amines) is 1. The predicted octanol–water partition coefficient (Wildman–Crippen LogP) is 6.32. The fourth-order valence-corrected chi connectivity index (χ4v) is 7.94. The fourth-order valence-electron chi connectivity index (χ4n) is 6.12. The average Bonchev–Trinajstić information content (AvgIpc) is 3.53. The van der Waals surface area contributed by atoms with Crippen LogP contribution >= 0.6 is 35.0 Å². The maximum Gasteiger partial charge on any atom is 0.239 e. The average molecular weight is 638 g/mol. The molecule has 0 spiro atoms. The highest BCUT2D eigenvalue weighted by atomic mass is 35.5. The maximum absolute atomic E-state index is 14.5. The number of halogens is 2. The summed E-state index contributed by atoms with van der Waals surface area (Å²) in [5.74, 6) is -0.223. The number of carbonyl (C=O) groups is 2. The SMILES string of the molecule is O=C1C[C@@](Sc2ccccc2)(C(=O)NCCCN2CCOCC2)[C@H](c2c[nH]c3cc(Cl)ccc23)N1Cc1cccc(Cl)c1. The molecule has 2 atom stereocenters. The highest BCUT2D eigenvalue weighted by Crippen LogP contribution is 2.54. The number of nitrogens with one attached hydrogen (secondary N) is 2. The molecule has 0 unspecified atom stereocenters. The van der Waals surface area contributed by atoms with Gasteiger partial charge >= 0.3 is 0 Å². The summed E-state index contributed by atoms with van der Waals surface area (Å²) in [7, 11) is 0. The summed E-state index contributed by atoms with van der Waals surface area (Å²) >= 11 is 14.1. The Morgan fingerprint density at radius 2 is 1.81 bits per heavy atom. The summed E-state index contributed by atoms with van der Waals surface area (Å²) in [5, 5.41) is 5.38. The molecule has 2 saturated heterocycles. The van der Waals surface area contributed by atoms with Crippen molar-refractivity contribution in [3.05, 3.63) is 100 Å². The number of hydrogen-bond acceptors (Lipinski definition) is 5. The number of hydrogen-bond donors (Lipinski definition) is 2. The van der Waals surface area contributed by atoms with Crippen molar-refractivity contribution >= 4 is 57.7 Å². The number of rotatable bonds is 10. The number of amides is 2. The van der Waals surface area contributed by atoms with Gasteiger partial charge in [-0.1, -0.05) is 59.6 Å². The van der Waals surface area contributed by atoms with Crippen LogP contribution in [-0.4, -0.2) is 70.7 Å². The molecule has 6 rings (SSSR count). The van der Waals surface area contributed by atoms with E-state index < -0.39 is 10.8 Å². The Hall–Kier alpha value is -3.01. The number of morpholine rings is 1. The van der Waals surface area contributed by atoms with Gasteiger partial charge in [-0.2, -0.15) is 0 Å². The fraction of sp³-hybridized carbons (Fsp3) is 0.333. The van der Waals surface area contributed by atoms with Gasteiger partial charge < -0.3 is 19.9 Å². The van der Waals surface area contributed by atoms with Gasteiger partial charge in [-0.3, -0.25) is 14.5 Å². The molecule has 0 saturated carbocycles. The number of nitrogens with zero attached hydrogens (tertiary/aromatic N) is 2. The number of carbonyl (C=O) groups excluding carboxylic acids is 2. The van der Waals surface area contributed by atoms with Crippen molar-refractivity contribution in [3.8, 4) is 0 Å². The number of thioether (sulfide) groups is 1. The van der Waals surface area contributed by atoms with Crippen molar-refractivity contribution in [2.75, 3.05) is 39.4 Å². The molecule has 2 amide bonds. The van der Waals surface area contributed by atoms with Crippen LogP contribution < -0.4 is 5.32 Å². The predicted molar refractivity (Wildman–Crippen MR) is 173 cm³/mol. The molecule has 0 radical (unpaired) electrons. The number of H-pyrrole nitrogens is 1. The topological polar surface area (TPSA) is 77.7 Å². The Morgan fingerprint density at radius 1 is 1.02 bits per heavy atom. The van der Waals surface area contributed by atoms with Crippen molar-refractivity contribution in [1.82, 2.24) is 20.1 Å². The molecule has 10 heteroatoms. The number of aromatic amines is 1. The zero-order valence-corrected chi connectivity index (χ0v) is 26.1. The van der Waals surface area contributed by atoms with E-state index in [9.17, 15) is 9.59 Å². The van der Waals surface area contributed by atoms with Crippen molar-refractivity contribution in [3.63, 3.8) is 0 Å². The Kier molecular flexibility index (Phi) is 9.31. The molecule has 1 aromatic heterocycles. The largest absolute Gasteiger partial charge is 0.379 e. The minimum absolute atomic E-state index is 0.0629. The zero-order valence-electron chi connectivity index (χ0n) is 23.7. The number of benzene rings is 3. The lowest BCUT2D eigenvalue weighted by Crippen LogP contribution is -2.48. The third kappa shape index (κ3) is 6.59. The Bertz CT molecular complexity index is 1590. The van der Waals surface area contributed by atoms with Crippen LogP contribution in [0.15, 0.2) is 83.9 Å². The molecule has 2 N–H and O–H groups in total. The van der Waals surface area contributed by atoms with Crippen molar-refractivity contribution in [2.45, 2.75) is 35.1 Å². The van der Waals surface area contributed by atoms with Crippen molar-refractivity contribution in [2.24, 2.45) is 0 Å². The normalized spacial score (nSPS) is 21.0. The highest BCUT2D eigenvalue weighted by molar-refractivity contribution is 8.01. The van der Waals surface area contributed by atoms with Gasteiger partial charge in [0, 0.05) is 63.8 Å². The van der Waals surface area contributed by atoms with Crippen molar-refractivity contribution < 1.29 is 14.3 Å². The van der Waals surface area contributed by atoms with Gasteiger partial charge in [-0.05, 0) is 54.9 Å². The van der Waals surface area contributed by atoms with Crippen LogP contribution in [0.3, 0.4) is 0 Å². The number of fused-ring (bicyclic) bond motifs is 1. The molecule has 3 aromatic carbocycles. The molecule has 43 heavy (non-hydrogen) atoms. The molecule has 4 aromatic rings. The molecule has 2 fully saturated rings. The molecule has 2 aliphatic rings. The van der Waals surface area contributed by atoms with Gasteiger partial charge in [0.1, 0.15) is 4.75 Å². The van der Waals surface area contributed by atoms with Crippen LogP contribution in [-0.2, 0) is 20.9 Å². The lowest BCUT2D eigenvalue weighted by Gasteiger charge is -2.36. The van der Waals surface area contributed by atoms with E-state index in [1.807, 2.05) is 83.9 Å². The number of ether oxygens (including phenoxy) is 1. The smallest absolute Gasteiger partial charge is 0.239 e. The van der Waals surface area contributed by atoms with Gasteiger partial charge in [0.05, 0.1) is 25.7 Å². The Morgan fingerprint density at radius 3 is 2.60 bits per heavy atom.